The van der Waals surface area contributed by atoms with Crippen LogP contribution in [-0.2, 0) is 12.8 Å². The highest BCUT2D eigenvalue weighted by Gasteiger charge is 1.97. The van der Waals surface area contributed by atoms with E-state index in [0.717, 1.165) is 24.4 Å². The Hall–Kier alpha value is -1.03. The van der Waals surface area contributed by atoms with Crippen LogP contribution in [0.5, 0.6) is 0 Å². The molecule has 0 aliphatic heterocycles. The monoisotopic (exact) mass is 166 g/mol. The van der Waals surface area contributed by atoms with Crippen LogP contribution >= 0.6 is 0 Å². The van der Waals surface area contributed by atoms with E-state index in [1.165, 1.54) is 0 Å². The first kappa shape index (κ1) is 9.06. The van der Waals surface area contributed by atoms with E-state index in [4.69, 9.17) is 5.73 Å². The molecule has 1 aromatic rings. The maximum Gasteiger partial charge on any atom is 0.152 e. The average Bonchev–Trinajstić information content (AvgIpc) is 2.06. The zero-order chi connectivity index (χ0) is 8.81. The fourth-order valence-corrected chi connectivity index (χ4v) is 0.991. The van der Waals surface area contributed by atoms with Crippen LogP contribution in [-0.4, -0.2) is 21.7 Å². The van der Waals surface area contributed by atoms with Gasteiger partial charge in [-0.1, -0.05) is 13.3 Å². The summed E-state index contributed by atoms with van der Waals surface area (Å²) in [4.78, 5) is 4.30. The van der Waals surface area contributed by atoms with E-state index < -0.39 is 0 Å². The van der Waals surface area contributed by atoms with Gasteiger partial charge in [0, 0.05) is 6.42 Å². The molecule has 2 N–H and O–H groups in total. The Bertz CT molecular complexity index is 215. The molecule has 0 aliphatic rings. The summed E-state index contributed by atoms with van der Waals surface area (Å²) < 4.78 is 0. The molecular weight excluding hydrogens is 152 g/mol. The fourth-order valence-electron chi connectivity index (χ4n) is 0.991. The van der Waals surface area contributed by atoms with Crippen LogP contribution in [0.25, 0.3) is 0 Å². The van der Waals surface area contributed by atoms with Crippen molar-refractivity contribution in [3.63, 3.8) is 0 Å². The van der Waals surface area contributed by atoms with Crippen LogP contribution in [0.3, 0.4) is 0 Å². The van der Waals surface area contributed by atoms with Crippen molar-refractivity contribution in [1.82, 2.24) is 15.2 Å². The molecule has 4 nitrogen and oxygen atoms in total. The highest BCUT2D eigenvalue weighted by molar-refractivity contribution is 4.96. The zero-order valence-corrected chi connectivity index (χ0v) is 7.32. The number of hydrogen-bond donors (Lipinski definition) is 1. The van der Waals surface area contributed by atoms with Crippen LogP contribution in [0.4, 0.5) is 0 Å². The summed E-state index contributed by atoms with van der Waals surface area (Å²) >= 11 is 0. The van der Waals surface area contributed by atoms with Gasteiger partial charge in [0.1, 0.15) is 0 Å². The molecule has 0 spiro atoms. The van der Waals surface area contributed by atoms with Crippen molar-refractivity contribution < 1.29 is 0 Å². The molecule has 0 aromatic carbocycles. The van der Waals surface area contributed by atoms with Gasteiger partial charge >= 0.3 is 0 Å². The van der Waals surface area contributed by atoms with Crippen molar-refractivity contribution in [1.29, 1.82) is 0 Å². The first-order chi connectivity index (χ1) is 5.86. The van der Waals surface area contributed by atoms with Gasteiger partial charge in [-0.25, -0.2) is 4.98 Å². The van der Waals surface area contributed by atoms with Gasteiger partial charge in [0.2, 0.25) is 0 Å². The van der Waals surface area contributed by atoms with Gasteiger partial charge < -0.3 is 5.73 Å². The lowest BCUT2D eigenvalue weighted by molar-refractivity contribution is 0.762. The highest BCUT2D eigenvalue weighted by Crippen LogP contribution is 1.97. The normalized spacial score (nSPS) is 10.2. The number of aromatic nitrogens is 3. The summed E-state index contributed by atoms with van der Waals surface area (Å²) in [6.07, 6.45) is 4.47. The van der Waals surface area contributed by atoms with Crippen molar-refractivity contribution in [2.75, 3.05) is 6.54 Å². The SMILES string of the molecule is CCCc1cnnc(CCN)n1. The Kier molecular flexibility index (Phi) is 3.60. The van der Waals surface area contributed by atoms with Crippen molar-refractivity contribution in [2.24, 2.45) is 5.73 Å². The van der Waals surface area contributed by atoms with Gasteiger partial charge in [0.05, 0.1) is 11.9 Å². The summed E-state index contributed by atoms with van der Waals surface area (Å²) in [5.74, 6) is 0.753. The van der Waals surface area contributed by atoms with Crippen molar-refractivity contribution in [3.8, 4) is 0 Å². The third-order valence-corrected chi connectivity index (χ3v) is 1.53. The van der Waals surface area contributed by atoms with Crippen molar-refractivity contribution in [2.45, 2.75) is 26.2 Å². The Morgan fingerprint density at radius 2 is 2.25 bits per heavy atom. The van der Waals surface area contributed by atoms with Crippen LogP contribution in [0.1, 0.15) is 24.9 Å². The molecule has 1 aromatic heterocycles. The molecule has 0 radical (unpaired) electrons. The standard InChI is InChI=1S/C8H14N4/c1-2-3-7-6-10-12-8(11-7)4-5-9/h6H,2-5,9H2,1H3. The van der Waals surface area contributed by atoms with E-state index in [2.05, 4.69) is 22.1 Å². The number of nitrogens with two attached hydrogens (primary N) is 1. The molecule has 0 unspecified atom stereocenters. The average molecular weight is 166 g/mol. The van der Waals surface area contributed by atoms with E-state index in [9.17, 15) is 0 Å². The molecule has 12 heavy (non-hydrogen) atoms. The van der Waals surface area contributed by atoms with Crippen LogP contribution < -0.4 is 5.73 Å². The summed E-state index contributed by atoms with van der Waals surface area (Å²) in [5, 5.41) is 7.72. The molecular formula is C8H14N4. The first-order valence-electron chi connectivity index (χ1n) is 4.24. The third-order valence-electron chi connectivity index (χ3n) is 1.53. The predicted octanol–water partition coefficient (Wildman–Crippen LogP) is 0.325. The second-order valence-electron chi connectivity index (χ2n) is 2.65. The lowest BCUT2D eigenvalue weighted by Crippen LogP contribution is -2.08. The van der Waals surface area contributed by atoms with Crippen molar-refractivity contribution in [3.05, 3.63) is 17.7 Å². The summed E-state index contributed by atoms with van der Waals surface area (Å²) in [6.45, 7) is 2.70. The van der Waals surface area contributed by atoms with Gasteiger partial charge in [-0.3, -0.25) is 0 Å². The quantitative estimate of drug-likeness (QED) is 0.699. The molecule has 0 saturated heterocycles. The van der Waals surface area contributed by atoms with Gasteiger partial charge in [-0.2, -0.15) is 5.10 Å². The lowest BCUT2D eigenvalue weighted by Gasteiger charge is -1.98. The predicted molar refractivity (Wildman–Crippen MR) is 46.6 cm³/mol. The maximum atomic E-state index is 5.38. The minimum Gasteiger partial charge on any atom is -0.330 e. The molecule has 4 heteroatoms. The van der Waals surface area contributed by atoms with E-state index in [0.29, 0.717) is 13.0 Å². The van der Waals surface area contributed by atoms with Crippen molar-refractivity contribution >= 4 is 0 Å². The summed E-state index contributed by atoms with van der Waals surface area (Å²) in [7, 11) is 0. The van der Waals surface area contributed by atoms with Crippen LogP contribution in [0.2, 0.25) is 0 Å². The Morgan fingerprint density at radius 1 is 1.42 bits per heavy atom. The smallest absolute Gasteiger partial charge is 0.152 e. The summed E-state index contributed by atoms with van der Waals surface area (Å²) in [6, 6.07) is 0. The van der Waals surface area contributed by atoms with Gasteiger partial charge in [-0.15, -0.1) is 5.10 Å². The largest absolute Gasteiger partial charge is 0.330 e. The molecule has 0 atom stereocenters. The second-order valence-corrected chi connectivity index (χ2v) is 2.65. The molecule has 0 amide bonds. The first-order valence-corrected chi connectivity index (χ1v) is 4.24. The Balaban J connectivity index is 2.67. The topological polar surface area (TPSA) is 64.7 Å². The van der Waals surface area contributed by atoms with E-state index in [1.54, 1.807) is 6.20 Å². The highest BCUT2D eigenvalue weighted by atomic mass is 15.1. The summed E-state index contributed by atoms with van der Waals surface area (Å²) in [5.41, 5.74) is 6.39. The minimum absolute atomic E-state index is 0.581. The maximum absolute atomic E-state index is 5.38. The van der Waals surface area contributed by atoms with Gasteiger partial charge in [0.25, 0.3) is 0 Å². The Morgan fingerprint density at radius 3 is 2.92 bits per heavy atom. The number of rotatable bonds is 4. The Labute approximate surface area is 72.2 Å². The van der Waals surface area contributed by atoms with Gasteiger partial charge in [0.15, 0.2) is 5.82 Å². The zero-order valence-electron chi connectivity index (χ0n) is 7.32. The molecule has 1 rings (SSSR count). The third kappa shape index (κ3) is 2.54. The number of hydrogen-bond acceptors (Lipinski definition) is 4. The van der Waals surface area contributed by atoms with Crippen LogP contribution in [0, 0.1) is 0 Å². The molecule has 0 aliphatic carbocycles. The number of nitrogens with zero attached hydrogens (tertiary/aromatic N) is 3. The van der Waals surface area contributed by atoms with E-state index in [-0.39, 0.29) is 0 Å². The fraction of sp³-hybridized carbons (Fsp3) is 0.625. The molecule has 0 fully saturated rings. The lowest BCUT2D eigenvalue weighted by atomic mass is 10.2. The van der Waals surface area contributed by atoms with E-state index >= 15 is 0 Å². The molecule has 0 saturated carbocycles. The van der Waals surface area contributed by atoms with Crippen LogP contribution in [0.15, 0.2) is 6.20 Å². The molecule has 66 valence electrons. The number of aryl methyl sites for hydroxylation is 1. The molecule has 0 bridgehead atoms. The second kappa shape index (κ2) is 4.77. The minimum atomic E-state index is 0.581. The van der Waals surface area contributed by atoms with E-state index in [1.807, 2.05) is 0 Å². The van der Waals surface area contributed by atoms with Gasteiger partial charge in [-0.05, 0) is 13.0 Å². The molecule has 1 heterocycles.